The predicted octanol–water partition coefficient (Wildman–Crippen LogP) is 6.82. The first-order valence-electron chi connectivity index (χ1n) is 14.2. The Morgan fingerprint density at radius 1 is 0.936 bits per heavy atom. The van der Waals surface area contributed by atoms with Gasteiger partial charge >= 0.3 is 26.1 Å². The molecule has 0 unspecified atom stereocenters. The van der Waals surface area contributed by atoms with Crippen LogP contribution in [0.3, 0.4) is 0 Å². The van der Waals surface area contributed by atoms with Gasteiger partial charge in [-0.25, -0.2) is 0 Å². The van der Waals surface area contributed by atoms with Crippen LogP contribution in [0.25, 0.3) is 49.9 Å². The van der Waals surface area contributed by atoms with Crippen LogP contribution in [0.4, 0.5) is 5.69 Å². The van der Waals surface area contributed by atoms with Crippen molar-refractivity contribution in [2.45, 2.75) is 19.2 Å². The molecule has 0 amide bonds. The van der Waals surface area contributed by atoms with Gasteiger partial charge in [-0.05, 0) is 47.9 Å². The van der Waals surface area contributed by atoms with E-state index in [0.717, 1.165) is 26.4 Å². The maximum Gasteiger partial charge on any atom is 0.375 e. The van der Waals surface area contributed by atoms with E-state index >= 15 is 0 Å². The molecule has 47 heavy (non-hydrogen) atoms. The van der Waals surface area contributed by atoms with Gasteiger partial charge in [0.05, 0.1) is 11.8 Å². The van der Waals surface area contributed by atoms with Gasteiger partial charge in [-0.3, -0.25) is 14.0 Å². The van der Waals surface area contributed by atoms with Crippen molar-refractivity contribution in [1.29, 1.82) is 0 Å². The van der Waals surface area contributed by atoms with Crippen LogP contribution in [-0.4, -0.2) is 25.9 Å². The minimum Gasteiger partial charge on any atom is -0.456 e. The van der Waals surface area contributed by atoms with Crippen molar-refractivity contribution >= 4 is 75.8 Å². The topological polar surface area (TPSA) is 151 Å². The first-order valence-corrected chi connectivity index (χ1v) is 17.3. The molecule has 4 aromatic carbocycles. The van der Waals surface area contributed by atoms with Crippen LogP contribution in [-0.2, 0) is 26.1 Å². The fourth-order valence-electron chi connectivity index (χ4n) is 5.69. The summed E-state index contributed by atoms with van der Waals surface area (Å²) in [6.45, 7) is 5.25. The van der Waals surface area contributed by atoms with Gasteiger partial charge in [-0.2, -0.15) is 16.8 Å². The first-order chi connectivity index (χ1) is 22.4. The Kier molecular flexibility index (Phi) is 7.18. The highest BCUT2D eigenvalue weighted by Crippen LogP contribution is 2.46. The average molecular weight is 670 g/mol. The van der Waals surface area contributed by atoms with Crippen LogP contribution in [0.15, 0.2) is 122 Å². The molecule has 7 rings (SSSR count). The van der Waals surface area contributed by atoms with Crippen LogP contribution in [0.5, 0.6) is 5.75 Å². The molecule has 0 atom stereocenters. The Labute approximate surface area is 268 Å². The molecule has 0 saturated heterocycles. The second kappa shape index (κ2) is 11.1. The molecular formula is C34H25N2O9S2+. The highest BCUT2D eigenvalue weighted by atomic mass is 32.2. The van der Waals surface area contributed by atoms with Crippen LogP contribution >= 0.6 is 0 Å². The van der Waals surface area contributed by atoms with Gasteiger partial charge in [0.2, 0.25) is 16.5 Å². The van der Waals surface area contributed by atoms with Gasteiger partial charge < -0.3 is 13.6 Å². The Bertz CT molecular complexity index is 2670. The third kappa shape index (κ3) is 5.43. The zero-order chi connectivity index (χ0) is 33.1. The van der Waals surface area contributed by atoms with Gasteiger partial charge in [-0.15, -0.1) is 4.57 Å². The summed E-state index contributed by atoms with van der Waals surface area (Å²) in [5.41, 5.74) is 7.34. The van der Waals surface area contributed by atoms with Crippen LogP contribution in [0.2, 0.25) is 0 Å². The number of aromatic nitrogens is 1. The quantitative estimate of drug-likeness (QED) is 0.105. The van der Waals surface area contributed by atoms with Crippen molar-refractivity contribution in [3.8, 4) is 5.75 Å². The zero-order valence-corrected chi connectivity index (χ0v) is 26.3. The Hall–Kier alpha value is -5.39. The fraction of sp³-hybridized carbons (Fsp3) is 0.0882. The lowest BCUT2D eigenvalue weighted by Gasteiger charge is -2.17. The lowest BCUT2D eigenvalue weighted by molar-refractivity contribution is -0.658. The average Bonchev–Trinajstić information content (AvgIpc) is 3.67. The van der Waals surface area contributed by atoms with E-state index in [1.807, 2.05) is 61.5 Å². The number of allylic oxidation sites excluding steroid dienone is 2. The Morgan fingerprint density at radius 3 is 2.40 bits per heavy atom. The van der Waals surface area contributed by atoms with Crippen molar-refractivity contribution in [3.63, 3.8) is 0 Å². The molecule has 236 valence electrons. The molecule has 0 spiro atoms. The molecule has 0 saturated carbocycles. The number of fused-ring (bicyclic) bond motifs is 7. The van der Waals surface area contributed by atoms with Gasteiger partial charge in [0, 0.05) is 34.4 Å². The number of furan rings is 1. The lowest BCUT2D eigenvalue weighted by Crippen LogP contribution is -2.39. The number of rotatable bonds is 7. The Morgan fingerprint density at radius 2 is 1.68 bits per heavy atom. The molecule has 2 aromatic heterocycles. The molecular weight excluding hydrogens is 645 g/mol. The summed E-state index contributed by atoms with van der Waals surface area (Å²) in [5.74, 6) is -0.429. The zero-order valence-electron chi connectivity index (χ0n) is 24.7. The summed E-state index contributed by atoms with van der Waals surface area (Å²) in [5, 5.41) is 2.46. The third-order valence-corrected chi connectivity index (χ3v) is 9.08. The van der Waals surface area contributed by atoms with Gasteiger partial charge in [0.15, 0.2) is 5.75 Å². The summed E-state index contributed by atoms with van der Waals surface area (Å²) < 4.78 is 89.2. The standard InChI is InChI=1S/C34H24N2O9S2/c1-3-9-33(47(40,41)42)36-27-19-29-25(24-12-7-8-13-28(24)43-29)18-30(27)44-32(36)17-21(4-2)16-31-35(20-46(37,38)39)26-15-14-22-10-5-6-11-23(22)34(26)45-31/h5-8,10-19H,1,4,20H2,2H3,(H-,37,38,39,40,41,42)/p+1. The number of nitrogens with zero attached hydrogens (tertiary/aromatic N) is 2. The number of ether oxygens (including phenoxy) is 1. The first kappa shape index (κ1) is 30.3. The van der Waals surface area contributed by atoms with Crippen molar-refractivity contribution in [2.24, 2.45) is 0 Å². The smallest absolute Gasteiger partial charge is 0.375 e. The third-order valence-electron chi connectivity index (χ3n) is 7.72. The fourth-order valence-corrected chi connectivity index (χ4v) is 6.90. The SMILES string of the molecule is C=C=C=C(N1C(=CC(=Cc2oc3c4ccccc4ccc3[n+]2CS(=O)(=O)O)CC)Oc2cc3c(cc21)oc1ccccc13)S(=O)(=O)O. The highest BCUT2D eigenvalue weighted by molar-refractivity contribution is 7.90. The molecule has 0 fully saturated rings. The van der Waals surface area contributed by atoms with E-state index in [1.165, 1.54) is 10.6 Å². The molecule has 1 aliphatic heterocycles. The monoisotopic (exact) mass is 669 g/mol. The van der Waals surface area contributed by atoms with Gasteiger partial charge in [0.25, 0.3) is 11.4 Å². The molecule has 13 heteroatoms. The molecule has 1 aliphatic rings. The molecule has 0 bridgehead atoms. The molecule has 3 heterocycles. The summed E-state index contributed by atoms with van der Waals surface area (Å²) in [6, 6.07) is 21.7. The van der Waals surface area contributed by atoms with Crippen LogP contribution in [0, 0.1) is 0 Å². The summed E-state index contributed by atoms with van der Waals surface area (Å²) in [6.07, 6.45) is 3.44. The number of anilines is 1. The van der Waals surface area contributed by atoms with E-state index in [2.05, 4.69) is 18.0 Å². The lowest BCUT2D eigenvalue weighted by atomic mass is 10.1. The predicted molar refractivity (Wildman–Crippen MR) is 176 cm³/mol. The van der Waals surface area contributed by atoms with Gasteiger partial charge in [-0.1, -0.05) is 55.1 Å². The van der Waals surface area contributed by atoms with Gasteiger partial charge in [0.1, 0.15) is 11.2 Å². The van der Waals surface area contributed by atoms with E-state index in [0.29, 0.717) is 34.3 Å². The summed E-state index contributed by atoms with van der Waals surface area (Å²) >= 11 is 0. The second-order valence-electron chi connectivity index (χ2n) is 10.7. The minimum atomic E-state index is -4.89. The van der Waals surface area contributed by atoms with Crippen molar-refractivity contribution in [3.05, 3.63) is 119 Å². The van der Waals surface area contributed by atoms with E-state index < -0.39 is 31.1 Å². The van der Waals surface area contributed by atoms with E-state index in [4.69, 9.17) is 13.6 Å². The normalized spacial score (nSPS) is 14.6. The van der Waals surface area contributed by atoms with Crippen molar-refractivity contribution in [1.82, 2.24) is 0 Å². The van der Waals surface area contributed by atoms with Crippen molar-refractivity contribution in [2.75, 3.05) is 4.90 Å². The molecule has 11 nitrogen and oxygen atoms in total. The molecule has 6 aromatic rings. The number of oxazole rings is 1. The van der Waals surface area contributed by atoms with E-state index in [9.17, 15) is 25.9 Å². The van der Waals surface area contributed by atoms with Crippen LogP contribution in [0.1, 0.15) is 19.2 Å². The number of hydrogen-bond acceptors (Lipinski definition) is 8. The van der Waals surface area contributed by atoms with E-state index in [-0.39, 0.29) is 23.2 Å². The molecule has 0 aliphatic carbocycles. The van der Waals surface area contributed by atoms with E-state index in [1.54, 1.807) is 24.3 Å². The maximum absolute atomic E-state index is 12.6. The maximum atomic E-state index is 12.6. The van der Waals surface area contributed by atoms with Crippen LogP contribution < -0.4 is 14.2 Å². The van der Waals surface area contributed by atoms with Crippen molar-refractivity contribution < 1.29 is 44.1 Å². The molecule has 0 radical (unpaired) electrons. The minimum absolute atomic E-state index is 0.0247. The number of para-hydroxylation sites is 1. The molecule has 2 N–H and O–H groups in total. The summed E-state index contributed by atoms with van der Waals surface area (Å²) in [7, 11) is -9.38. The largest absolute Gasteiger partial charge is 0.456 e. The Balaban J connectivity index is 1.43. The number of benzene rings is 4. The summed E-state index contributed by atoms with van der Waals surface area (Å²) in [4.78, 5) is 1.15. The highest BCUT2D eigenvalue weighted by Gasteiger charge is 2.36. The second-order valence-corrected chi connectivity index (χ2v) is 13.5. The number of hydrogen-bond donors (Lipinski definition) is 2.